The number of hydrogen-bond acceptors (Lipinski definition) is 1. The molecule has 0 aliphatic heterocycles. The molecule has 7 rings (SSSR count). The van der Waals surface area contributed by atoms with Gasteiger partial charge in [0.05, 0.1) is 0 Å². The normalized spacial score (nSPS) is 11.8. The summed E-state index contributed by atoms with van der Waals surface area (Å²) >= 11 is 0. The second-order valence-corrected chi connectivity index (χ2v) is 9.87. The highest BCUT2D eigenvalue weighted by atomic mass is 19.1. The van der Waals surface area contributed by atoms with Crippen molar-refractivity contribution in [2.75, 3.05) is 0 Å². The van der Waals surface area contributed by atoms with Crippen molar-refractivity contribution >= 4 is 54.9 Å². The average Bonchev–Trinajstić information content (AvgIpc) is 3.31. The maximum Gasteiger partial charge on any atom is 0.136 e. The number of fused-ring (bicyclic) bond motifs is 4. The molecule has 0 unspecified atom stereocenters. The van der Waals surface area contributed by atoms with Crippen LogP contribution >= 0.6 is 0 Å². The Balaban J connectivity index is 1.59. The van der Waals surface area contributed by atoms with Crippen molar-refractivity contribution in [2.45, 2.75) is 6.92 Å². The standard InChI is InChI=1S/C37H25FO/c1-3-11-33-36(32-21-24-12-4-5-13-25(24)22-34(32)39-33)23(2)35-28-16-6-8-18-30(28)37(26-14-10-15-27(38)20-26)31-19-9-7-17-29(31)35/h3-22H,2H2,1H3/b11-3-. The van der Waals surface area contributed by atoms with Gasteiger partial charge in [0, 0.05) is 10.9 Å². The van der Waals surface area contributed by atoms with Gasteiger partial charge < -0.3 is 4.42 Å². The molecular weight excluding hydrogens is 479 g/mol. The molecule has 0 spiro atoms. The van der Waals surface area contributed by atoms with Crippen molar-refractivity contribution < 1.29 is 8.81 Å². The van der Waals surface area contributed by atoms with Crippen LogP contribution in [0.4, 0.5) is 4.39 Å². The van der Waals surface area contributed by atoms with E-state index in [4.69, 9.17) is 11.0 Å². The van der Waals surface area contributed by atoms with Crippen molar-refractivity contribution in [3.8, 4) is 11.1 Å². The van der Waals surface area contributed by atoms with Gasteiger partial charge in [-0.25, -0.2) is 4.39 Å². The molecule has 0 saturated heterocycles. The zero-order valence-corrected chi connectivity index (χ0v) is 21.5. The monoisotopic (exact) mass is 504 g/mol. The van der Waals surface area contributed by atoms with Crippen LogP contribution in [-0.4, -0.2) is 0 Å². The van der Waals surface area contributed by atoms with Crippen LogP contribution < -0.4 is 0 Å². The Bertz CT molecular complexity index is 2050. The summed E-state index contributed by atoms with van der Waals surface area (Å²) in [5.74, 6) is 0.539. The van der Waals surface area contributed by atoms with Gasteiger partial charge in [0.2, 0.25) is 0 Å². The first-order valence-electron chi connectivity index (χ1n) is 13.1. The lowest BCUT2D eigenvalue weighted by molar-refractivity contribution is 0.603. The van der Waals surface area contributed by atoms with Crippen molar-refractivity contribution in [3.05, 3.63) is 145 Å². The van der Waals surface area contributed by atoms with Gasteiger partial charge in [-0.2, -0.15) is 0 Å². The fraction of sp³-hybridized carbons (Fsp3) is 0.0270. The topological polar surface area (TPSA) is 13.1 Å². The number of hydrogen-bond donors (Lipinski definition) is 0. The van der Waals surface area contributed by atoms with E-state index in [0.717, 1.165) is 76.9 Å². The molecule has 0 saturated carbocycles. The second-order valence-electron chi connectivity index (χ2n) is 9.87. The number of rotatable bonds is 4. The molecule has 0 amide bonds. The smallest absolute Gasteiger partial charge is 0.136 e. The highest BCUT2D eigenvalue weighted by Gasteiger charge is 2.22. The van der Waals surface area contributed by atoms with E-state index in [1.165, 1.54) is 6.07 Å². The number of furan rings is 1. The van der Waals surface area contributed by atoms with E-state index in [0.29, 0.717) is 0 Å². The van der Waals surface area contributed by atoms with Crippen molar-refractivity contribution in [2.24, 2.45) is 0 Å². The minimum absolute atomic E-state index is 0.248. The number of allylic oxidation sites excluding steroid dienone is 1. The predicted molar refractivity (Wildman–Crippen MR) is 163 cm³/mol. The summed E-state index contributed by atoms with van der Waals surface area (Å²) in [7, 11) is 0. The molecule has 2 heteroatoms. The van der Waals surface area contributed by atoms with Crippen molar-refractivity contribution in [3.63, 3.8) is 0 Å². The lowest BCUT2D eigenvalue weighted by atomic mass is 9.84. The lowest BCUT2D eigenvalue weighted by Crippen LogP contribution is -1.95. The third-order valence-electron chi connectivity index (χ3n) is 7.55. The van der Waals surface area contributed by atoms with Crippen LogP contribution in [0.2, 0.25) is 0 Å². The summed E-state index contributed by atoms with van der Waals surface area (Å²) in [4.78, 5) is 0. The van der Waals surface area contributed by atoms with E-state index in [-0.39, 0.29) is 5.82 Å². The van der Waals surface area contributed by atoms with Crippen molar-refractivity contribution in [1.82, 2.24) is 0 Å². The molecule has 186 valence electrons. The SMILES string of the molecule is C=C(c1c(/C=C\C)oc2cc3ccccc3cc12)c1c2ccccc2c(-c2cccc(F)c2)c2ccccc12. The molecule has 6 aromatic carbocycles. The molecule has 0 aliphatic carbocycles. The minimum atomic E-state index is -0.248. The largest absolute Gasteiger partial charge is 0.456 e. The lowest BCUT2D eigenvalue weighted by Gasteiger charge is -2.19. The minimum Gasteiger partial charge on any atom is -0.456 e. The van der Waals surface area contributed by atoms with Gasteiger partial charge in [0.25, 0.3) is 0 Å². The fourth-order valence-corrected chi connectivity index (χ4v) is 5.91. The Kier molecular flexibility index (Phi) is 5.42. The van der Waals surface area contributed by atoms with E-state index in [1.807, 2.05) is 43.3 Å². The van der Waals surface area contributed by atoms with E-state index in [1.54, 1.807) is 12.1 Å². The zero-order chi connectivity index (χ0) is 26.5. The van der Waals surface area contributed by atoms with Crippen LogP contribution in [0.3, 0.4) is 0 Å². The van der Waals surface area contributed by atoms with Crippen LogP contribution in [0.25, 0.3) is 66.1 Å². The summed E-state index contributed by atoms with van der Waals surface area (Å²) in [6.07, 6.45) is 4.01. The van der Waals surface area contributed by atoms with Crippen LogP contribution in [0.1, 0.15) is 23.8 Å². The molecule has 39 heavy (non-hydrogen) atoms. The third-order valence-corrected chi connectivity index (χ3v) is 7.55. The number of benzene rings is 6. The highest BCUT2D eigenvalue weighted by molar-refractivity contribution is 6.21. The molecule has 0 N–H and O–H groups in total. The first-order chi connectivity index (χ1) is 19.1. The van der Waals surface area contributed by atoms with Crippen LogP contribution in [0.15, 0.2) is 126 Å². The van der Waals surface area contributed by atoms with E-state index >= 15 is 0 Å². The Morgan fingerprint density at radius 3 is 1.92 bits per heavy atom. The summed E-state index contributed by atoms with van der Waals surface area (Å²) in [6, 6.07) is 36.2. The van der Waals surface area contributed by atoms with E-state index < -0.39 is 0 Å². The van der Waals surface area contributed by atoms with Gasteiger partial charge in [-0.3, -0.25) is 0 Å². The Hall–Kier alpha value is -4.95. The molecule has 0 fully saturated rings. The third kappa shape index (κ3) is 3.68. The Morgan fingerprint density at radius 2 is 1.28 bits per heavy atom. The average molecular weight is 505 g/mol. The van der Waals surface area contributed by atoms with E-state index in [9.17, 15) is 4.39 Å². The molecule has 1 aromatic heterocycles. The fourth-order valence-electron chi connectivity index (χ4n) is 5.91. The Morgan fingerprint density at radius 1 is 0.667 bits per heavy atom. The molecular formula is C37H25FO. The van der Waals surface area contributed by atoms with Crippen LogP contribution in [0.5, 0.6) is 0 Å². The first kappa shape index (κ1) is 23.2. The maximum atomic E-state index is 14.4. The first-order valence-corrected chi connectivity index (χ1v) is 13.1. The summed E-state index contributed by atoms with van der Waals surface area (Å²) in [5, 5.41) is 7.59. The molecule has 1 nitrogen and oxygen atoms in total. The molecule has 0 radical (unpaired) electrons. The van der Waals surface area contributed by atoms with Gasteiger partial charge >= 0.3 is 0 Å². The quantitative estimate of drug-likeness (QED) is 0.217. The van der Waals surface area contributed by atoms with Gasteiger partial charge in [0.15, 0.2) is 0 Å². The van der Waals surface area contributed by atoms with Gasteiger partial charge in [-0.05, 0) is 91.8 Å². The van der Waals surface area contributed by atoms with Gasteiger partial charge in [-0.15, -0.1) is 0 Å². The molecule has 7 aromatic rings. The van der Waals surface area contributed by atoms with Gasteiger partial charge in [0.1, 0.15) is 17.2 Å². The highest BCUT2D eigenvalue weighted by Crippen LogP contribution is 2.45. The van der Waals surface area contributed by atoms with Crippen molar-refractivity contribution in [1.29, 1.82) is 0 Å². The Labute approximate surface area is 226 Å². The van der Waals surface area contributed by atoms with E-state index in [2.05, 4.69) is 66.7 Å². The molecule has 0 aliphatic rings. The summed E-state index contributed by atoms with van der Waals surface area (Å²) in [5.41, 5.74) is 5.66. The molecule has 0 bridgehead atoms. The van der Waals surface area contributed by atoms with Gasteiger partial charge in [-0.1, -0.05) is 97.6 Å². The van der Waals surface area contributed by atoms with Crippen LogP contribution in [-0.2, 0) is 0 Å². The zero-order valence-electron chi connectivity index (χ0n) is 21.5. The number of halogens is 1. The van der Waals surface area contributed by atoms with Crippen LogP contribution in [0, 0.1) is 5.82 Å². The molecule has 1 heterocycles. The second kappa shape index (κ2) is 9.11. The summed E-state index contributed by atoms with van der Waals surface area (Å²) in [6.45, 7) is 6.70. The predicted octanol–water partition coefficient (Wildman–Crippen LogP) is 10.8. The maximum absolute atomic E-state index is 14.4. The summed E-state index contributed by atoms with van der Waals surface area (Å²) < 4.78 is 20.8. The molecule has 0 atom stereocenters.